The van der Waals surface area contributed by atoms with E-state index in [2.05, 4.69) is 17.9 Å². The molecule has 0 saturated carbocycles. The maximum atomic E-state index is 6.00. The molecule has 13 heavy (non-hydrogen) atoms. The molecule has 72 valence electrons. The van der Waals surface area contributed by atoms with Gasteiger partial charge in [-0.15, -0.1) is 0 Å². The van der Waals surface area contributed by atoms with Crippen molar-refractivity contribution in [3.05, 3.63) is 28.8 Å². The molecule has 0 amide bonds. The van der Waals surface area contributed by atoms with Crippen molar-refractivity contribution in [2.24, 2.45) is 0 Å². The molecule has 1 aromatic rings. The Hall–Kier alpha value is -0.380. The van der Waals surface area contributed by atoms with Crippen LogP contribution in [0.3, 0.4) is 0 Å². The number of methoxy groups -OCH3 is 1. The molecule has 0 radical (unpaired) electrons. The quantitative estimate of drug-likeness (QED) is 0.597. The molecule has 0 unspecified atom stereocenters. The van der Waals surface area contributed by atoms with E-state index in [0.29, 0.717) is 10.9 Å². The van der Waals surface area contributed by atoms with Crippen LogP contribution in [0.5, 0.6) is 5.75 Å². The summed E-state index contributed by atoms with van der Waals surface area (Å²) in [6.07, 6.45) is 0. The van der Waals surface area contributed by atoms with E-state index in [-0.39, 0.29) is 0 Å². The predicted octanol–water partition coefficient (Wildman–Crippen LogP) is 2.33. The van der Waals surface area contributed by atoms with Gasteiger partial charge in [-0.25, -0.2) is 0 Å². The van der Waals surface area contributed by atoms with Crippen molar-refractivity contribution in [2.75, 3.05) is 13.0 Å². The normalized spacial score (nSPS) is 10.1. The van der Waals surface area contributed by atoms with Gasteiger partial charge in [0.15, 0.2) is 0 Å². The summed E-state index contributed by atoms with van der Waals surface area (Å²) in [6.45, 7) is 0.728. The molecule has 0 aliphatic heterocycles. The highest BCUT2D eigenvalue weighted by Gasteiger charge is 2.00. The minimum absolute atomic E-state index is 0.641. The minimum atomic E-state index is 0.641. The average molecular weight is 218 g/mol. The van der Waals surface area contributed by atoms with Gasteiger partial charge < -0.3 is 10.1 Å². The Morgan fingerprint density at radius 3 is 2.85 bits per heavy atom. The van der Waals surface area contributed by atoms with Crippen molar-refractivity contribution in [2.45, 2.75) is 6.54 Å². The molecule has 1 rings (SSSR count). The van der Waals surface area contributed by atoms with Gasteiger partial charge in [-0.3, -0.25) is 0 Å². The fraction of sp³-hybridized carbons (Fsp3) is 0.333. The Bertz CT molecular complexity index is 280. The third-order valence-electron chi connectivity index (χ3n) is 1.69. The molecule has 0 aromatic heterocycles. The lowest BCUT2D eigenvalue weighted by Crippen LogP contribution is -2.10. The fourth-order valence-corrected chi connectivity index (χ4v) is 1.34. The highest BCUT2D eigenvalue weighted by atomic mass is 35.5. The third-order valence-corrected chi connectivity index (χ3v) is 2.26. The smallest absolute Gasteiger partial charge is 0.120 e. The van der Waals surface area contributed by atoms with Crippen molar-refractivity contribution in [1.82, 2.24) is 5.32 Å². The SMILES string of the molecule is COc1ccc(CNCS)c(Cl)c1. The summed E-state index contributed by atoms with van der Waals surface area (Å²) in [4.78, 5) is 0. The van der Waals surface area contributed by atoms with E-state index in [1.807, 2.05) is 12.1 Å². The van der Waals surface area contributed by atoms with Gasteiger partial charge in [-0.2, -0.15) is 12.6 Å². The Morgan fingerprint density at radius 1 is 1.54 bits per heavy atom. The zero-order valence-corrected chi connectivity index (χ0v) is 9.03. The van der Waals surface area contributed by atoms with E-state index < -0.39 is 0 Å². The number of benzene rings is 1. The molecule has 4 heteroatoms. The summed E-state index contributed by atoms with van der Waals surface area (Å²) in [5, 5.41) is 3.80. The first-order valence-electron chi connectivity index (χ1n) is 3.92. The van der Waals surface area contributed by atoms with Crippen molar-refractivity contribution in [3.63, 3.8) is 0 Å². The number of thiol groups is 1. The minimum Gasteiger partial charge on any atom is -0.497 e. The van der Waals surface area contributed by atoms with Crippen LogP contribution < -0.4 is 10.1 Å². The van der Waals surface area contributed by atoms with Crippen LogP contribution in [-0.2, 0) is 6.54 Å². The summed E-state index contributed by atoms with van der Waals surface area (Å²) in [5.74, 6) is 1.42. The van der Waals surface area contributed by atoms with Gasteiger partial charge in [0.1, 0.15) is 5.75 Å². The van der Waals surface area contributed by atoms with Crippen molar-refractivity contribution >= 4 is 24.2 Å². The van der Waals surface area contributed by atoms with E-state index in [1.54, 1.807) is 13.2 Å². The van der Waals surface area contributed by atoms with Gasteiger partial charge in [-0.05, 0) is 17.7 Å². The predicted molar refractivity (Wildman–Crippen MR) is 58.7 cm³/mol. The van der Waals surface area contributed by atoms with E-state index in [0.717, 1.165) is 17.9 Å². The van der Waals surface area contributed by atoms with Crippen LogP contribution in [0.25, 0.3) is 0 Å². The Morgan fingerprint density at radius 2 is 2.31 bits per heavy atom. The maximum absolute atomic E-state index is 6.00. The molecule has 0 spiro atoms. The summed E-state index contributed by atoms with van der Waals surface area (Å²) < 4.78 is 5.03. The van der Waals surface area contributed by atoms with Gasteiger partial charge in [0, 0.05) is 17.4 Å². The summed E-state index contributed by atoms with van der Waals surface area (Å²) in [6, 6.07) is 5.64. The molecule has 0 fully saturated rings. The van der Waals surface area contributed by atoms with Crippen molar-refractivity contribution in [1.29, 1.82) is 0 Å². The number of hydrogen-bond acceptors (Lipinski definition) is 3. The van der Waals surface area contributed by atoms with Gasteiger partial charge in [0.2, 0.25) is 0 Å². The van der Waals surface area contributed by atoms with Gasteiger partial charge in [-0.1, -0.05) is 17.7 Å². The molecular weight excluding hydrogens is 206 g/mol. The highest BCUT2D eigenvalue weighted by molar-refractivity contribution is 7.80. The first-order valence-corrected chi connectivity index (χ1v) is 4.93. The average Bonchev–Trinajstić information content (AvgIpc) is 2.16. The summed E-state index contributed by atoms with van der Waals surface area (Å²) in [5.41, 5.74) is 1.05. The van der Waals surface area contributed by atoms with E-state index >= 15 is 0 Å². The molecule has 0 atom stereocenters. The first kappa shape index (κ1) is 10.7. The van der Waals surface area contributed by atoms with Crippen LogP contribution in [0.1, 0.15) is 5.56 Å². The van der Waals surface area contributed by atoms with Crippen LogP contribution in [0.15, 0.2) is 18.2 Å². The van der Waals surface area contributed by atoms with Crippen LogP contribution in [-0.4, -0.2) is 13.0 Å². The second kappa shape index (κ2) is 5.37. The lowest BCUT2D eigenvalue weighted by Gasteiger charge is -2.06. The Labute approximate surface area is 88.6 Å². The van der Waals surface area contributed by atoms with E-state index in [1.165, 1.54) is 0 Å². The molecule has 0 aliphatic carbocycles. The molecule has 0 aliphatic rings. The first-order chi connectivity index (χ1) is 6.27. The zero-order valence-electron chi connectivity index (χ0n) is 7.38. The van der Waals surface area contributed by atoms with Gasteiger partial charge in [0.05, 0.1) is 7.11 Å². The number of ether oxygens (including phenoxy) is 1. The van der Waals surface area contributed by atoms with Crippen molar-refractivity contribution < 1.29 is 4.74 Å². The number of halogens is 1. The second-order valence-electron chi connectivity index (χ2n) is 2.54. The zero-order chi connectivity index (χ0) is 9.68. The van der Waals surface area contributed by atoms with E-state index in [9.17, 15) is 0 Å². The van der Waals surface area contributed by atoms with Crippen LogP contribution >= 0.6 is 24.2 Å². The van der Waals surface area contributed by atoms with Crippen LogP contribution in [0.2, 0.25) is 5.02 Å². The lowest BCUT2D eigenvalue weighted by atomic mass is 10.2. The molecule has 0 heterocycles. The fourth-order valence-electron chi connectivity index (χ4n) is 0.989. The number of rotatable bonds is 4. The largest absolute Gasteiger partial charge is 0.497 e. The molecule has 1 aromatic carbocycles. The molecule has 0 bridgehead atoms. The number of nitrogens with one attached hydrogen (secondary N) is 1. The lowest BCUT2D eigenvalue weighted by molar-refractivity contribution is 0.414. The van der Waals surface area contributed by atoms with Crippen LogP contribution in [0, 0.1) is 0 Å². The van der Waals surface area contributed by atoms with E-state index in [4.69, 9.17) is 16.3 Å². The van der Waals surface area contributed by atoms with Crippen molar-refractivity contribution in [3.8, 4) is 5.75 Å². The number of hydrogen-bond donors (Lipinski definition) is 2. The van der Waals surface area contributed by atoms with Crippen LogP contribution in [0.4, 0.5) is 0 Å². The van der Waals surface area contributed by atoms with Gasteiger partial charge in [0.25, 0.3) is 0 Å². The maximum Gasteiger partial charge on any atom is 0.120 e. The Kier molecular flexibility index (Phi) is 4.42. The molecular formula is C9H12ClNOS. The third kappa shape index (κ3) is 3.10. The standard InChI is InChI=1S/C9H12ClNOS/c1-12-8-3-2-7(5-11-6-13)9(10)4-8/h2-4,11,13H,5-6H2,1H3. The second-order valence-corrected chi connectivity index (χ2v) is 3.27. The molecule has 2 nitrogen and oxygen atoms in total. The summed E-state index contributed by atoms with van der Waals surface area (Å²) in [7, 11) is 1.62. The Balaban J connectivity index is 2.73. The molecule has 0 saturated heterocycles. The topological polar surface area (TPSA) is 21.3 Å². The highest BCUT2D eigenvalue weighted by Crippen LogP contribution is 2.21. The monoisotopic (exact) mass is 217 g/mol. The molecule has 1 N–H and O–H groups in total. The van der Waals surface area contributed by atoms with Gasteiger partial charge >= 0.3 is 0 Å². The summed E-state index contributed by atoms with van der Waals surface area (Å²) >= 11 is 10.0.